The summed E-state index contributed by atoms with van der Waals surface area (Å²) in [6, 6.07) is 15.5. The number of thioether (sulfide) groups is 1. The molecule has 1 aliphatic carbocycles. The van der Waals surface area contributed by atoms with Crippen molar-refractivity contribution < 1.29 is 9.59 Å². The Balaban J connectivity index is 1.35. The molecule has 2 aromatic carbocycles. The molecule has 4 nitrogen and oxygen atoms in total. The number of carbonyl (C=O) groups is 2. The van der Waals surface area contributed by atoms with Crippen molar-refractivity contribution >= 4 is 35.0 Å². The Morgan fingerprint density at radius 1 is 0.875 bits per heavy atom. The summed E-state index contributed by atoms with van der Waals surface area (Å²) in [7, 11) is 0. The molecule has 1 heterocycles. The molecule has 1 fully saturated rings. The lowest BCUT2D eigenvalue weighted by Crippen LogP contribution is -2.24. The smallest absolute Gasteiger partial charge is 0.238 e. The van der Waals surface area contributed by atoms with E-state index in [1.165, 1.54) is 10.5 Å². The molecule has 1 unspecified atom stereocenters. The molecule has 0 saturated heterocycles. The molecule has 1 saturated carbocycles. The number of anilines is 2. The highest BCUT2D eigenvalue weighted by Gasteiger charge is 2.30. The van der Waals surface area contributed by atoms with E-state index < -0.39 is 0 Å². The van der Waals surface area contributed by atoms with E-state index in [0.717, 1.165) is 30.6 Å². The fourth-order valence-electron chi connectivity index (χ4n) is 2.78. The van der Waals surface area contributed by atoms with Crippen molar-refractivity contribution in [3.05, 3.63) is 54.1 Å². The lowest BCUT2D eigenvalue weighted by molar-refractivity contribution is -0.117. The molecule has 122 valence electrons. The van der Waals surface area contributed by atoms with E-state index in [4.69, 9.17) is 0 Å². The second-order valence-corrected chi connectivity index (χ2v) is 7.49. The Hall–Kier alpha value is -2.27. The summed E-state index contributed by atoms with van der Waals surface area (Å²) in [5.41, 5.74) is 2.76. The minimum absolute atomic E-state index is 0.0194. The van der Waals surface area contributed by atoms with E-state index >= 15 is 0 Å². The van der Waals surface area contributed by atoms with Crippen molar-refractivity contribution in [2.75, 3.05) is 10.6 Å². The van der Waals surface area contributed by atoms with Crippen LogP contribution in [0.3, 0.4) is 0 Å². The quantitative estimate of drug-likeness (QED) is 0.894. The predicted molar refractivity (Wildman–Crippen MR) is 96.2 cm³/mol. The third kappa shape index (κ3) is 3.31. The van der Waals surface area contributed by atoms with E-state index in [1.54, 1.807) is 11.8 Å². The SMILES string of the molecule is O=C(Nc1ccc(NC(=O)C2Cc3ccccc3S2)cc1)C1CC1. The zero-order chi connectivity index (χ0) is 16.5. The number of hydrogen-bond acceptors (Lipinski definition) is 3. The van der Waals surface area contributed by atoms with E-state index in [9.17, 15) is 9.59 Å². The summed E-state index contributed by atoms with van der Waals surface area (Å²) < 4.78 is 0. The molecule has 2 aromatic rings. The van der Waals surface area contributed by atoms with Crippen molar-refractivity contribution in [1.29, 1.82) is 0 Å². The van der Waals surface area contributed by atoms with E-state index in [1.807, 2.05) is 36.4 Å². The third-order valence-electron chi connectivity index (χ3n) is 4.31. The van der Waals surface area contributed by atoms with Crippen LogP contribution in [0.1, 0.15) is 18.4 Å². The molecule has 5 heteroatoms. The standard InChI is InChI=1S/C19H18N2O2S/c22-18(12-5-6-12)20-14-7-9-15(10-8-14)21-19(23)17-11-13-3-1-2-4-16(13)24-17/h1-4,7-10,12,17H,5-6,11H2,(H,20,22)(H,21,23). The Morgan fingerprint density at radius 2 is 1.50 bits per heavy atom. The highest BCUT2D eigenvalue weighted by Crippen LogP contribution is 2.37. The Bertz CT molecular complexity index is 759. The molecule has 2 N–H and O–H groups in total. The number of rotatable bonds is 4. The number of hydrogen-bond donors (Lipinski definition) is 2. The van der Waals surface area contributed by atoms with Gasteiger partial charge in [0.15, 0.2) is 0 Å². The summed E-state index contributed by atoms with van der Waals surface area (Å²) in [6.07, 6.45) is 2.74. The van der Waals surface area contributed by atoms with Crippen molar-refractivity contribution in [2.45, 2.75) is 29.4 Å². The summed E-state index contributed by atoms with van der Waals surface area (Å²) in [5.74, 6) is 0.295. The van der Waals surface area contributed by atoms with Crippen molar-refractivity contribution in [3.8, 4) is 0 Å². The molecular weight excluding hydrogens is 320 g/mol. The van der Waals surface area contributed by atoms with Crippen LogP contribution in [0.15, 0.2) is 53.4 Å². The second-order valence-electron chi connectivity index (χ2n) is 6.25. The van der Waals surface area contributed by atoms with Gasteiger partial charge in [0.2, 0.25) is 11.8 Å². The van der Waals surface area contributed by atoms with Crippen molar-refractivity contribution in [2.24, 2.45) is 5.92 Å². The maximum atomic E-state index is 12.4. The molecule has 1 atom stereocenters. The van der Waals surface area contributed by atoms with E-state index in [0.29, 0.717) is 0 Å². The van der Waals surface area contributed by atoms with Gasteiger partial charge in [-0.15, -0.1) is 11.8 Å². The average Bonchev–Trinajstić information content (AvgIpc) is 3.35. The predicted octanol–water partition coefficient (Wildman–Crippen LogP) is 3.69. The minimum atomic E-state index is -0.0864. The van der Waals surface area contributed by atoms with Crippen molar-refractivity contribution in [1.82, 2.24) is 0 Å². The topological polar surface area (TPSA) is 58.2 Å². The first-order valence-electron chi connectivity index (χ1n) is 8.15. The molecule has 0 radical (unpaired) electrons. The van der Waals surface area contributed by atoms with Gasteiger partial charge in [-0.25, -0.2) is 0 Å². The molecule has 2 aliphatic rings. The first kappa shape index (κ1) is 15.3. The van der Waals surface area contributed by atoms with Crippen molar-refractivity contribution in [3.63, 3.8) is 0 Å². The Morgan fingerprint density at radius 3 is 2.12 bits per heavy atom. The fraction of sp³-hybridized carbons (Fsp3) is 0.263. The number of fused-ring (bicyclic) bond motifs is 1. The second kappa shape index (κ2) is 6.32. The van der Waals surface area contributed by atoms with E-state index in [-0.39, 0.29) is 23.0 Å². The molecule has 1 aliphatic heterocycles. The number of carbonyl (C=O) groups excluding carboxylic acids is 2. The van der Waals surface area contributed by atoms with Gasteiger partial charge in [-0.05, 0) is 55.2 Å². The third-order valence-corrected chi connectivity index (χ3v) is 5.63. The molecular formula is C19H18N2O2S. The van der Waals surface area contributed by atoms with Gasteiger partial charge in [-0.1, -0.05) is 18.2 Å². The normalized spacial score (nSPS) is 18.8. The minimum Gasteiger partial charge on any atom is -0.326 e. The lowest BCUT2D eigenvalue weighted by Gasteiger charge is -2.11. The number of benzene rings is 2. The molecule has 0 spiro atoms. The Labute approximate surface area is 145 Å². The maximum absolute atomic E-state index is 12.4. The molecule has 4 rings (SSSR count). The molecule has 2 amide bonds. The van der Waals surface area contributed by atoms with Gasteiger partial charge < -0.3 is 10.6 Å². The molecule has 0 bridgehead atoms. The molecule has 24 heavy (non-hydrogen) atoms. The number of amides is 2. The Kier molecular flexibility index (Phi) is 4.02. The largest absolute Gasteiger partial charge is 0.326 e. The monoisotopic (exact) mass is 338 g/mol. The lowest BCUT2D eigenvalue weighted by atomic mass is 10.1. The van der Waals surface area contributed by atoms with Crippen LogP contribution in [-0.2, 0) is 16.0 Å². The van der Waals surface area contributed by atoms with E-state index in [2.05, 4.69) is 22.8 Å². The van der Waals surface area contributed by atoms with Gasteiger partial charge in [0.25, 0.3) is 0 Å². The summed E-state index contributed by atoms with van der Waals surface area (Å²) in [5, 5.41) is 5.77. The zero-order valence-corrected chi connectivity index (χ0v) is 13.9. The van der Waals surface area contributed by atoms with Gasteiger partial charge in [0.05, 0.1) is 5.25 Å². The van der Waals surface area contributed by atoms with Crippen LogP contribution >= 0.6 is 11.8 Å². The summed E-state index contributed by atoms with van der Waals surface area (Å²) in [6.45, 7) is 0. The maximum Gasteiger partial charge on any atom is 0.238 e. The average molecular weight is 338 g/mol. The molecule has 0 aromatic heterocycles. The van der Waals surface area contributed by atoms with Crippen LogP contribution in [0, 0.1) is 5.92 Å². The zero-order valence-electron chi connectivity index (χ0n) is 13.1. The van der Waals surface area contributed by atoms with Crippen LogP contribution in [0.2, 0.25) is 0 Å². The fourth-order valence-corrected chi connectivity index (χ4v) is 3.97. The van der Waals surface area contributed by atoms with Crippen LogP contribution in [0.25, 0.3) is 0 Å². The summed E-state index contributed by atoms with van der Waals surface area (Å²) in [4.78, 5) is 25.4. The van der Waals surface area contributed by atoms with Crippen LogP contribution in [0.5, 0.6) is 0 Å². The van der Waals surface area contributed by atoms with Gasteiger partial charge in [0.1, 0.15) is 0 Å². The van der Waals surface area contributed by atoms with Crippen LogP contribution < -0.4 is 10.6 Å². The number of nitrogens with one attached hydrogen (secondary N) is 2. The van der Waals surface area contributed by atoms with Gasteiger partial charge in [-0.2, -0.15) is 0 Å². The first-order chi connectivity index (χ1) is 11.7. The highest BCUT2D eigenvalue weighted by atomic mass is 32.2. The van der Waals surface area contributed by atoms with Crippen LogP contribution in [-0.4, -0.2) is 17.1 Å². The van der Waals surface area contributed by atoms with Gasteiger partial charge >= 0.3 is 0 Å². The van der Waals surface area contributed by atoms with Crippen LogP contribution in [0.4, 0.5) is 11.4 Å². The first-order valence-corrected chi connectivity index (χ1v) is 9.03. The van der Waals surface area contributed by atoms with Gasteiger partial charge in [0, 0.05) is 22.2 Å². The summed E-state index contributed by atoms with van der Waals surface area (Å²) >= 11 is 1.62. The highest BCUT2D eigenvalue weighted by molar-refractivity contribution is 8.01. The van der Waals surface area contributed by atoms with Gasteiger partial charge in [-0.3, -0.25) is 9.59 Å².